The van der Waals surface area contributed by atoms with Gasteiger partial charge in [-0.1, -0.05) is 19.3 Å². The molecule has 0 amide bonds. The topological polar surface area (TPSA) is 31.9 Å². The van der Waals surface area contributed by atoms with E-state index in [1.807, 2.05) is 0 Å². The summed E-state index contributed by atoms with van der Waals surface area (Å²) in [7, 11) is 2.09. The lowest BCUT2D eigenvalue weighted by molar-refractivity contribution is 0.181. The number of benzene rings is 1. The zero-order chi connectivity index (χ0) is 14.1. The first-order valence-corrected chi connectivity index (χ1v) is 7.17. The second-order valence-corrected chi connectivity index (χ2v) is 5.67. The molecule has 5 heteroatoms. The molecular weight excluding hydrogens is 260 g/mol. The molecule has 0 radical (unpaired) electrons. The number of rotatable bonds is 3. The van der Waals surface area contributed by atoms with Gasteiger partial charge in [-0.05, 0) is 19.9 Å². The molecule has 2 aromatic rings. The Labute approximate surface area is 117 Å². The third-order valence-corrected chi connectivity index (χ3v) is 4.17. The first-order chi connectivity index (χ1) is 9.63. The number of aromatic amines is 1. The maximum atomic E-state index is 13.2. The normalized spacial score (nSPS) is 17.2. The highest BCUT2D eigenvalue weighted by atomic mass is 19.2. The number of hydrogen-bond donors (Lipinski definition) is 1. The van der Waals surface area contributed by atoms with Crippen molar-refractivity contribution in [3.8, 4) is 0 Å². The summed E-state index contributed by atoms with van der Waals surface area (Å²) in [4.78, 5) is 9.70. The summed E-state index contributed by atoms with van der Waals surface area (Å²) in [5, 5.41) is 0. The molecule has 3 nitrogen and oxygen atoms in total. The molecule has 0 aliphatic heterocycles. The lowest BCUT2D eigenvalue weighted by Gasteiger charge is -2.30. The molecule has 1 aromatic heterocycles. The van der Waals surface area contributed by atoms with E-state index in [4.69, 9.17) is 0 Å². The largest absolute Gasteiger partial charge is 0.341 e. The van der Waals surface area contributed by atoms with Crippen molar-refractivity contribution in [2.24, 2.45) is 0 Å². The highest BCUT2D eigenvalue weighted by Crippen LogP contribution is 2.23. The van der Waals surface area contributed by atoms with Crippen molar-refractivity contribution in [2.75, 3.05) is 7.05 Å². The highest BCUT2D eigenvalue weighted by molar-refractivity contribution is 5.75. The Hall–Kier alpha value is -1.49. The van der Waals surface area contributed by atoms with E-state index in [0.29, 0.717) is 23.6 Å². The van der Waals surface area contributed by atoms with Crippen LogP contribution in [0.5, 0.6) is 0 Å². The van der Waals surface area contributed by atoms with E-state index in [1.54, 1.807) is 0 Å². The number of imidazole rings is 1. The zero-order valence-electron chi connectivity index (χ0n) is 11.6. The molecule has 0 saturated heterocycles. The number of hydrogen-bond acceptors (Lipinski definition) is 2. The monoisotopic (exact) mass is 279 g/mol. The minimum absolute atomic E-state index is 0.482. The van der Waals surface area contributed by atoms with Crippen LogP contribution in [-0.2, 0) is 6.54 Å². The lowest BCUT2D eigenvalue weighted by atomic mass is 9.94. The van der Waals surface area contributed by atoms with Crippen LogP contribution in [0.1, 0.15) is 37.9 Å². The van der Waals surface area contributed by atoms with Gasteiger partial charge in [0.1, 0.15) is 5.82 Å². The zero-order valence-corrected chi connectivity index (χ0v) is 11.6. The van der Waals surface area contributed by atoms with Gasteiger partial charge in [-0.3, -0.25) is 4.90 Å². The molecule has 108 valence electrons. The van der Waals surface area contributed by atoms with Crippen LogP contribution in [0.2, 0.25) is 0 Å². The minimum Gasteiger partial charge on any atom is -0.341 e. The van der Waals surface area contributed by atoms with Crippen molar-refractivity contribution in [1.29, 1.82) is 0 Å². The second kappa shape index (κ2) is 5.48. The smallest absolute Gasteiger partial charge is 0.161 e. The molecule has 1 fully saturated rings. The Balaban J connectivity index is 1.76. The summed E-state index contributed by atoms with van der Waals surface area (Å²) in [5.74, 6) is -0.928. The van der Waals surface area contributed by atoms with Crippen molar-refractivity contribution in [2.45, 2.75) is 44.7 Å². The molecule has 0 atom stereocenters. The average molecular weight is 279 g/mol. The second-order valence-electron chi connectivity index (χ2n) is 5.67. The minimum atomic E-state index is -0.851. The molecule has 1 heterocycles. The summed E-state index contributed by atoms with van der Waals surface area (Å²) in [6.07, 6.45) is 6.34. The van der Waals surface area contributed by atoms with Gasteiger partial charge < -0.3 is 4.98 Å². The number of nitrogens with one attached hydrogen (secondary N) is 1. The van der Waals surface area contributed by atoms with Crippen molar-refractivity contribution < 1.29 is 8.78 Å². The summed E-state index contributed by atoms with van der Waals surface area (Å²) in [6.45, 7) is 0.683. The number of H-pyrrole nitrogens is 1. The number of fused-ring (bicyclic) bond motifs is 1. The Morgan fingerprint density at radius 1 is 1.20 bits per heavy atom. The summed E-state index contributed by atoms with van der Waals surface area (Å²) >= 11 is 0. The molecule has 0 spiro atoms. The summed E-state index contributed by atoms with van der Waals surface area (Å²) < 4.78 is 26.3. The fourth-order valence-corrected chi connectivity index (χ4v) is 3.02. The van der Waals surface area contributed by atoms with Crippen LogP contribution in [0.25, 0.3) is 11.0 Å². The van der Waals surface area contributed by atoms with Crippen molar-refractivity contribution in [1.82, 2.24) is 14.9 Å². The van der Waals surface area contributed by atoms with E-state index in [0.717, 1.165) is 11.9 Å². The first kappa shape index (κ1) is 13.5. The van der Waals surface area contributed by atoms with Gasteiger partial charge >= 0.3 is 0 Å². The fourth-order valence-electron chi connectivity index (χ4n) is 3.02. The van der Waals surface area contributed by atoms with E-state index >= 15 is 0 Å². The van der Waals surface area contributed by atoms with E-state index in [-0.39, 0.29) is 0 Å². The molecule has 1 N–H and O–H groups in total. The van der Waals surface area contributed by atoms with Crippen molar-refractivity contribution in [3.63, 3.8) is 0 Å². The van der Waals surface area contributed by atoms with Crippen LogP contribution in [0, 0.1) is 11.6 Å². The van der Waals surface area contributed by atoms with Gasteiger partial charge in [-0.25, -0.2) is 13.8 Å². The standard InChI is InChI=1S/C15H19F2N3/c1-20(10-5-3-2-4-6-10)9-15-18-13-7-11(16)12(17)8-14(13)19-15/h7-8,10H,2-6,9H2,1H3,(H,18,19). The maximum absolute atomic E-state index is 13.2. The van der Waals surface area contributed by atoms with E-state index in [1.165, 1.54) is 38.2 Å². The van der Waals surface area contributed by atoms with Gasteiger partial charge in [-0.2, -0.15) is 0 Å². The number of nitrogens with zero attached hydrogens (tertiary/aromatic N) is 2. The molecule has 3 rings (SSSR count). The SMILES string of the molecule is CN(Cc1nc2cc(F)c(F)cc2[nH]1)C1CCCCC1. The van der Waals surface area contributed by atoms with Gasteiger partial charge in [-0.15, -0.1) is 0 Å². The molecule has 1 aliphatic carbocycles. The Morgan fingerprint density at radius 3 is 2.65 bits per heavy atom. The Morgan fingerprint density at radius 2 is 1.90 bits per heavy atom. The predicted octanol–water partition coefficient (Wildman–Crippen LogP) is 3.61. The van der Waals surface area contributed by atoms with Gasteiger partial charge in [0, 0.05) is 18.2 Å². The number of aromatic nitrogens is 2. The predicted molar refractivity (Wildman–Crippen MR) is 74.3 cm³/mol. The third kappa shape index (κ3) is 2.68. The summed E-state index contributed by atoms with van der Waals surface area (Å²) in [5.41, 5.74) is 1.03. The molecule has 0 bridgehead atoms. The van der Waals surface area contributed by atoms with Crippen LogP contribution < -0.4 is 0 Å². The molecule has 0 unspecified atom stereocenters. The molecular formula is C15H19F2N3. The van der Waals surface area contributed by atoms with Gasteiger partial charge in [0.25, 0.3) is 0 Å². The van der Waals surface area contributed by atoms with Crippen LogP contribution in [-0.4, -0.2) is 28.0 Å². The maximum Gasteiger partial charge on any atom is 0.161 e. The van der Waals surface area contributed by atoms with Gasteiger partial charge in [0.15, 0.2) is 11.6 Å². The van der Waals surface area contributed by atoms with E-state index in [9.17, 15) is 8.78 Å². The van der Waals surface area contributed by atoms with E-state index in [2.05, 4.69) is 21.9 Å². The fraction of sp³-hybridized carbons (Fsp3) is 0.533. The Bertz CT molecular complexity index is 563. The number of halogens is 2. The van der Waals surface area contributed by atoms with Crippen LogP contribution in [0.3, 0.4) is 0 Å². The molecule has 1 saturated carbocycles. The highest BCUT2D eigenvalue weighted by Gasteiger charge is 2.19. The summed E-state index contributed by atoms with van der Waals surface area (Å²) in [6, 6.07) is 2.90. The quantitative estimate of drug-likeness (QED) is 0.930. The molecule has 1 aliphatic rings. The third-order valence-electron chi connectivity index (χ3n) is 4.17. The molecule has 20 heavy (non-hydrogen) atoms. The van der Waals surface area contributed by atoms with Crippen LogP contribution in [0.4, 0.5) is 8.78 Å². The first-order valence-electron chi connectivity index (χ1n) is 7.17. The Kier molecular flexibility index (Phi) is 3.70. The molecule has 1 aromatic carbocycles. The van der Waals surface area contributed by atoms with Gasteiger partial charge in [0.2, 0.25) is 0 Å². The lowest BCUT2D eigenvalue weighted by Crippen LogP contribution is -2.33. The van der Waals surface area contributed by atoms with Crippen molar-refractivity contribution in [3.05, 3.63) is 29.6 Å². The van der Waals surface area contributed by atoms with Crippen LogP contribution >= 0.6 is 0 Å². The van der Waals surface area contributed by atoms with Crippen LogP contribution in [0.15, 0.2) is 12.1 Å². The average Bonchev–Trinajstić information content (AvgIpc) is 2.81. The van der Waals surface area contributed by atoms with Gasteiger partial charge in [0.05, 0.1) is 17.6 Å². The van der Waals surface area contributed by atoms with Crippen molar-refractivity contribution >= 4 is 11.0 Å². The van der Waals surface area contributed by atoms with E-state index < -0.39 is 11.6 Å².